The van der Waals surface area contributed by atoms with Crippen molar-refractivity contribution in [2.45, 2.75) is 39.2 Å². The zero-order valence-electron chi connectivity index (χ0n) is 12.2. The fourth-order valence-electron chi connectivity index (χ4n) is 2.34. The molecule has 0 radical (unpaired) electrons. The fraction of sp³-hybridized carbons (Fsp3) is 0.625. The molecule has 0 bridgehead atoms. The first-order valence-electron chi connectivity index (χ1n) is 7.14. The molecule has 0 aliphatic carbocycles. The predicted octanol–water partition coefficient (Wildman–Crippen LogP) is 2.86. The first kappa shape index (κ1) is 14.4. The molecule has 1 aromatic rings. The molecule has 2 unspecified atom stereocenters. The smallest absolute Gasteiger partial charge is 0.122 e. The molecule has 1 aliphatic heterocycles. The van der Waals surface area contributed by atoms with Crippen LogP contribution in [-0.2, 0) is 4.74 Å². The van der Waals surface area contributed by atoms with E-state index in [-0.39, 0.29) is 6.04 Å². The van der Waals surface area contributed by atoms with E-state index in [1.807, 2.05) is 0 Å². The van der Waals surface area contributed by atoms with E-state index < -0.39 is 0 Å². The lowest BCUT2D eigenvalue weighted by atomic mass is 10.00. The molecule has 0 amide bonds. The lowest BCUT2D eigenvalue weighted by Crippen LogP contribution is -2.36. The van der Waals surface area contributed by atoms with E-state index in [0.29, 0.717) is 18.4 Å². The summed E-state index contributed by atoms with van der Waals surface area (Å²) in [6.45, 7) is 8.63. The Bertz CT molecular complexity index is 411. The Morgan fingerprint density at radius 2 is 2.21 bits per heavy atom. The van der Waals surface area contributed by atoms with Crippen LogP contribution in [-0.4, -0.2) is 25.9 Å². The Balaban J connectivity index is 1.96. The Morgan fingerprint density at radius 3 is 2.84 bits per heavy atom. The zero-order valence-corrected chi connectivity index (χ0v) is 12.2. The van der Waals surface area contributed by atoms with Crippen molar-refractivity contribution in [3.05, 3.63) is 29.3 Å². The van der Waals surface area contributed by atoms with Gasteiger partial charge in [0.05, 0.1) is 6.61 Å². The minimum absolute atomic E-state index is 0.0598. The standard InChI is InChI=1S/C16H25NO2/c1-11(2)13-5-4-12(3)16(8-13)19-10-15(17)14-6-7-18-9-14/h4-5,8,11,14-15H,6-7,9-10,17H2,1-3H3. The lowest BCUT2D eigenvalue weighted by molar-refractivity contribution is 0.170. The van der Waals surface area contributed by atoms with Crippen LogP contribution in [0.3, 0.4) is 0 Å². The van der Waals surface area contributed by atoms with Gasteiger partial charge in [0.25, 0.3) is 0 Å². The van der Waals surface area contributed by atoms with Gasteiger partial charge in [-0.15, -0.1) is 0 Å². The highest BCUT2D eigenvalue weighted by atomic mass is 16.5. The average Bonchev–Trinajstić information content (AvgIpc) is 2.91. The number of ether oxygens (including phenoxy) is 2. The fourth-order valence-corrected chi connectivity index (χ4v) is 2.34. The van der Waals surface area contributed by atoms with Gasteiger partial charge in [-0.05, 0) is 36.5 Å². The van der Waals surface area contributed by atoms with E-state index in [1.54, 1.807) is 0 Å². The van der Waals surface area contributed by atoms with Gasteiger partial charge in [-0.25, -0.2) is 0 Å². The molecule has 1 fully saturated rings. The van der Waals surface area contributed by atoms with Gasteiger partial charge in [-0.2, -0.15) is 0 Å². The van der Waals surface area contributed by atoms with Crippen molar-refractivity contribution in [1.82, 2.24) is 0 Å². The van der Waals surface area contributed by atoms with Crippen LogP contribution in [0.4, 0.5) is 0 Å². The molecule has 19 heavy (non-hydrogen) atoms. The van der Waals surface area contributed by atoms with Gasteiger partial charge in [-0.1, -0.05) is 26.0 Å². The number of benzene rings is 1. The molecule has 106 valence electrons. The van der Waals surface area contributed by atoms with E-state index in [0.717, 1.165) is 25.4 Å². The monoisotopic (exact) mass is 263 g/mol. The summed E-state index contributed by atoms with van der Waals surface area (Å²) in [5.74, 6) is 1.91. The Kier molecular flexibility index (Phi) is 4.83. The molecule has 0 spiro atoms. The molecular formula is C16H25NO2. The van der Waals surface area contributed by atoms with E-state index in [2.05, 4.69) is 39.0 Å². The van der Waals surface area contributed by atoms with Gasteiger partial charge in [0.2, 0.25) is 0 Å². The van der Waals surface area contributed by atoms with E-state index in [1.165, 1.54) is 11.1 Å². The summed E-state index contributed by atoms with van der Waals surface area (Å²) in [5, 5.41) is 0. The number of aryl methyl sites for hydroxylation is 1. The number of hydrogen-bond acceptors (Lipinski definition) is 3. The van der Waals surface area contributed by atoms with Crippen molar-refractivity contribution < 1.29 is 9.47 Å². The minimum atomic E-state index is 0.0598. The van der Waals surface area contributed by atoms with E-state index in [9.17, 15) is 0 Å². The Labute approximate surface area is 116 Å². The van der Waals surface area contributed by atoms with Crippen LogP contribution in [0.15, 0.2) is 18.2 Å². The maximum atomic E-state index is 6.17. The molecule has 1 saturated heterocycles. The van der Waals surface area contributed by atoms with Gasteiger partial charge >= 0.3 is 0 Å². The van der Waals surface area contributed by atoms with Crippen molar-refractivity contribution in [2.75, 3.05) is 19.8 Å². The highest BCUT2D eigenvalue weighted by Gasteiger charge is 2.23. The summed E-state index contributed by atoms with van der Waals surface area (Å²) in [4.78, 5) is 0. The van der Waals surface area contributed by atoms with Crippen molar-refractivity contribution in [3.8, 4) is 5.75 Å². The third-order valence-corrected chi connectivity index (χ3v) is 3.88. The Morgan fingerprint density at radius 1 is 1.42 bits per heavy atom. The van der Waals surface area contributed by atoms with Crippen molar-refractivity contribution >= 4 is 0 Å². The molecule has 3 nitrogen and oxygen atoms in total. The third kappa shape index (κ3) is 3.71. The summed E-state index contributed by atoms with van der Waals surface area (Å²) in [6.07, 6.45) is 1.05. The van der Waals surface area contributed by atoms with Gasteiger partial charge < -0.3 is 15.2 Å². The number of rotatable bonds is 5. The summed E-state index contributed by atoms with van der Waals surface area (Å²) < 4.78 is 11.3. The normalized spacial score (nSPS) is 20.8. The molecule has 1 aromatic carbocycles. The van der Waals surface area contributed by atoms with Gasteiger partial charge in [0.15, 0.2) is 0 Å². The predicted molar refractivity (Wildman–Crippen MR) is 77.7 cm³/mol. The molecule has 1 heterocycles. The minimum Gasteiger partial charge on any atom is -0.492 e. The second-order valence-corrected chi connectivity index (χ2v) is 5.78. The van der Waals surface area contributed by atoms with E-state index >= 15 is 0 Å². The van der Waals surface area contributed by atoms with Crippen LogP contribution in [0.5, 0.6) is 5.75 Å². The highest BCUT2D eigenvalue weighted by molar-refractivity contribution is 5.37. The highest BCUT2D eigenvalue weighted by Crippen LogP contribution is 2.25. The molecule has 2 rings (SSSR count). The number of hydrogen-bond donors (Lipinski definition) is 1. The summed E-state index contributed by atoms with van der Waals surface area (Å²) in [6, 6.07) is 6.48. The van der Waals surface area contributed by atoms with Crippen LogP contribution in [0.2, 0.25) is 0 Å². The van der Waals surface area contributed by atoms with Crippen molar-refractivity contribution in [3.63, 3.8) is 0 Å². The van der Waals surface area contributed by atoms with Gasteiger partial charge in [0, 0.05) is 18.6 Å². The second-order valence-electron chi connectivity index (χ2n) is 5.78. The molecule has 0 saturated carbocycles. The summed E-state index contributed by atoms with van der Waals surface area (Å²) in [5.41, 5.74) is 8.64. The molecule has 0 aromatic heterocycles. The first-order valence-corrected chi connectivity index (χ1v) is 7.14. The molecule has 2 N–H and O–H groups in total. The largest absolute Gasteiger partial charge is 0.492 e. The van der Waals surface area contributed by atoms with Crippen LogP contribution in [0.25, 0.3) is 0 Å². The molecule has 1 aliphatic rings. The summed E-state index contributed by atoms with van der Waals surface area (Å²) in [7, 11) is 0. The van der Waals surface area contributed by atoms with Crippen LogP contribution in [0.1, 0.15) is 37.3 Å². The summed E-state index contributed by atoms with van der Waals surface area (Å²) >= 11 is 0. The topological polar surface area (TPSA) is 44.5 Å². The van der Waals surface area contributed by atoms with Crippen molar-refractivity contribution in [1.29, 1.82) is 0 Å². The maximum Gasteiger partial charge on any atom is 0.122 e. The third-order valence-electron chi connectivity index (χ3n) is 3.88. The maximum absolute atomic E-state index is 6.17. The SMILES string of the molecule is Cc1ccc(C(C)C)cc1OCC(N)C1CCOC1. The zero-order chi connectivity index (χ0) is 13.8. The molecule has 2 atom stereocenters. The van der Waals surface area contributed by atoms with Crippen molar-refractivity contribution in [2.24, 2.45) is 11.7 Å². The molecule has 3 heteroatoms. The Hall–Kier alpha value is -1.06. The van der Waals surface area contributed by atoms with Gasteiger partial charge in [-0.3, -0.25) is 0 Å². The lowest BCUT2D eigenvalue weighted by Gasteiger charge is -2.19. The van der Waals surface area contributed by atoms with Crippen LogP contribution >= 0.6 is 0 Å². The molecular weight excluding hydrogens is 238 g/mol. The van der Waals surface area contributed by atoms with Crippen LogP contribution in [0, 0.1) is 12.8 Å². The van der Waals surface area contributed by atoms with Gasteiger partial charge in [0.1, 0.15) is 12.4 Å². The first-order chi connectivity index (χ1) is 9.08. The van der Waals surface area contributed by atoms with Crippen LogP contribution < -0.4 is 10.5 Å². The second kappa shape index (κ2) is 6.40. The van der Waals surface area contributed by atoms with E-state index in [4.69, 9.17) is 15.2 Å². The quantitative estimate of drug-likeness (QED) is 0.888. The average molecular weight is 263 g/mol. The number of nitrogens with two attached hydrogens (primary N) is 1.